The van der Waals surface area contributed by atoms with Crippen LogP contribution >= 0.6 is 15.9 Å². The first-order chi connectivity index (χ1) is 13.0. The Morgan fingerprint density at radius 1 is 1.22 bits per heavy atom. The molecule has 0 radical (unpaired) electrons. The number of carbonyl (C=O) groups excluding carboxylic acids is 3. The number of carbonyl (C=O) groups is 3. The van der Waals surface area contributed by atoms with E-state index < -0.39 is 18.5 Å². The number of phenols is 1. The van der Waals surface area contributed by atoms with Crippen LogP contribution in [-0.4, -0.2) is 36.0 Å². The Hall–Kier alpha value is -2.87. The molecule has 7 nitrogen and oxygen atoms in total. The van der Waals surface area contributed by atoms with Crippen molar-refractivity contribution in [1.82, 2.24) is 0 Å². The van der Waals surface area contributed by atoms with Gasteiger partial charge in [-0.15, -0.1) is 0 Å². The van der Waals surface area contributed by atoms with Crippen LogP contribution in [0.25, 0.3) is 0 Å². The number of nitrogens with one attached hydrogen (secondary N) is 1. The number of esters is 1. The van der Waals surface area contributed by atoms with Crippen molar-refractivity contribution >= 4 is 45.1 Å². The maximum atomic E-state index is 12.2. The molecule has 3 rings (SSSR count). The topological polar surface area (TPSA) is 95.9 Å². The van der Waals surface area contributed by atoms with Crippen LogP contribution in [0.1, 0.15) is 23.2 Å². The fraction of sp³-hybridized carbons (Fsp3) is 0.211. The Kier molecular flexibility index (Phi) is 5.75. The predicted octanol–water partition coefficient (Wildman–Crippen LogP) is 3.08. The van der Waals surface area contributed by atoms with Crippen LogP contribution in [0.5, 0.6) is 5.75 Å². The lowest BCUT2D eigenvalue weighted by Gasteiger charge is -2.19. The van der Waals surface area contributed by atoms with Gasteiger partial charge in [-0.2, -0.15) is 0 Å². The second-order valence-electron chi connectivity index (χ2n) is 5.95. The molecule has 0 unspecified atom stereocenters. The van der Waals surface area contributed by atoms with Crippen LogP contribution in [0.4, 0.5) is 11.4 Å². The van der Waals surface area contributed by atoms with E-state index >= 15 is 0 Å². The lowest BCUT2D eigenvalue weighted by Crippen LogP contribution is -2.27. The van der Waals surface area contributed by atoms with Gasteiger partial charge >= 0.3 is 5.97 Å². The number of hydrogen-bond acceptors (Lipinski definition) is 5. The predicted molar refractivity (Wildman–Crippen MR) is 103 cm³/mol. The number of benzene rings is 2. The molecule has 2 aromatic rings. The highest BCUT2D eigenvalue weighted by molar-refractivity contribution is 9.10. The van der Waals surface area contributed by atoms with Gasteiger partial charge in [-0.05, 0) is 36.8 Å². The Morgan fingerprint density at radius 2 is 2.00 bits per heavy atom. The maximum Gasteiger partial charge on any atom is 0.342 e. The number of para-hydroxylation sites is 2. The molecule has 140 valence electrons. The first-order valence-electron chi connectivity index (χ1n) is 8.30. The lowest BCUT2D eigenvalue weighted by atomic mass is 10.2. The minimum Gasteiger partial charge on any atom is -0.507 e. The quantitative estimate of drug-likeness (QED) is 0.707. The van der Waals surface area contributed by atoms with Gasteiger partial charge in [0.15, 0.2) is 6.61 Å². The minimum absolute atomic E-state index is 0.00764. The van der Waals surface area contributed by atoms with Gasteiger partial charge < -0.3 is 20.1 Å². The Labute approximate surface area is 164 Å². The van der Waals surface area contributed by atoms with E-state index in [9.17, 15) is 19.5 Å². The molecule has 1 fully saturated rings. The van der Waals surface area contributed by atoms with Gasteiger partial charge in [0.25, 0.3) is 5.91 Å². The molecule has 0 bridgehead atoms. The number of nitrogens with zero attached hydrogens (tertiary/aromatic N) is 1. The first kappa shape index (κ1) is 18.9. The van der Waals surface area contributed by atoms with E-state index in [2.05, 4.69) is 21.2 Å². The zero-order valence-electron chi connectivity index (χ0n) is 14.3. The molecule has 1 saturated heterocycles. The summed E-state index contributed by atoms with van der Waals surface area (Å²) in [6.45, 7) is 0.0793. The van der Waals surface area contributed by atoms with Crippen LogP contribution in [0.15, 0.2) is 46.9 Å². The monoisotopic (exact) mass is 432 g/mol. The average molecular weight is 433 g/mol. The summed E-state index contributed by atoms with van der Waals surface area (Å²) in [4.78, 5) is 37.8. The highest BCUT2D eigenvalue weighted by atomic mass is 79.9. The van der Waals surface area contributed by atoms with Crippen LogP contribution in [-0.2, 0) is 14.3 Å². The molecule has 0 aromatic heterocycles. The van der Waals surface area contributed by atoms with Crippen molar-refractivity contribution in [3.63, 3.8) is 0 Å². The van der Waals surface area contributed by atoms with E-state index in [4.69, 9.17) is 4.74 Å². The number of aromatic hydroxyl groups is 1. The molecule has 1 heterocycles. The smallest absolute Gasteiger partial charge is 0.342 e. The van der Waals surface area contributed by atoms with Gasteiger partial charge in [-0.3, -0.25) is 9.59 Å². The van der Waals surface area contributed by atoms with Crippen molar-refractivity contribution in [3.05, 3.63) is 52.5 Å². The molecule has 2 amide bonds. The van der Waals surface area contributed by atoms with Crippen LogP contribution < -0.4 is 10.2 Å². The highest BCUT2D eigenvalue weighted by Crippen LogP contribution is 2.29. The van der Waals surface area contributed by atoms with Gasteiger partial charge in [0.05, 0.1) is 11.4 Å². The van der Waals surface area contributed by atoms with Crippen LogP contribution in [0.2, 0.25) is 0 Å². The fourth-order valence-electron chi connectivity index (χ4n) is 2.78. The molecule has 8 heteroatoms. The number of anilines is 2. The van der Waals surface area contributed by atoms with Gasteiger partial charge in [-0.1, -0.05) is 28.1 Å². The third-order valence-electron chi connectivity index (χ3n) is 4.06. The molecule has 0 atom stereocenters. The molecule has 1 aliphatic rings. The second kappa shape index (κ2) is 8.22. The van der Waals surface area contributed by atoms with Crippen molar-refractivity contribution in [2.24, 2.45) is 0 Å². The molecular weight excluding hydrogens is 416 g/mol. The second-order valence-corrected chi connectivity index (χ2v) is 6.87. The van der Waals surface area contributed by atoms with Crippen molar-refractivity contribution in [3.8, 4) is 5.75 Å². The number of amides is 2. The Bertz CT molecular complexity index is 899. The van der Waals surface area contributed by atoms with Crippen molar-refractivity contribution in [2.45, 2.75) is 12.8 Å². The molecule has 2 N–H and O–H groups in total. The van der Waals surface area contributed by atoms with E-state index in [1.165, 1.54) is 12.1 Å². The molecule has 0 aliphatic carbocycles. The van der Waals surface area contributed by atoms with Gasteiger partial charge in [0.1, 0.15) is 11.3 Å². The standard InChI is InChI=1S/C19H17BrN2O5/c20-12-7-8-16(23)13(10-12)19(26)27-11-17(24)21-14-4-1-2-5-15(14)22-9-3-6-18(22)25/h1-2,4-5,7-8,10,23H,3,6,9,11H2,(H,21,24). The third-order valence-corrected chi connectivity index (χ3v) is 4.55. The molecular formula is C19H17BrN2O5. The number of phenolic OH excluding ortho intramolecular Hbond substituents is 1. The Morgan fingerprint density at radius 3 is 2.74 bits per heavy atom. The summed E-state index contributed by atoms with van der Waals surface area (Å²) in [5.74, 6) is -1.58. The van der Waals surface area contributed by atoms with Crippen molar-refractivity contribution in [1.29, 1.82) is 0 Å². The number of rotatable bonds is 5. The summed E-state index contributed by atoms with van der Waals surface area (Å²) in [6.07, 6.45) is 1.25. The van der Waals surface area contributed by atoms with Crippen molar-refractivity contribution in [2.75, 3.05) is 23.4 Å². The highest BCUT2D eigenvalue weighted by Gasteiger charge is 2.24. The zero-order chi connectivity index (χ0) is 19.4. The molecule has 2 aromatic carbocycles. The third kappa shape index (κ3) is 4.46. The van der Waals surface area contributed by atoms with Crippen LogP contribution in [0, 0.1) is 0 Å². The van der Waals surface area contributed by atoms with Crippen LogP contribution in [0.3, 0.4) is 0 Å². The lowest BCUT2D eigenvalue weighted by molar-refractivity contribution is -0.119. The summed E-state index contributed by atoms with van der Waals surface area (Å²) in [5.41, 5.74) is 1.05. The summed E-state index contributed by atoms with van der Waals surface area (Å²) in [5, 5.41) is 12.4. The number of halogens is 1. The SMILES string of the molecule is O=C(COC(=O)c1cc(Br)ccc1O)Nc1ccccc1N1CCCC1=O. The molecule has 1 aliphatic heterocycles. The summed E-state index contributed by atoms with van der Waals surface area (Å²) < 4.78 is 5.57. The van der Waals surface area contributed by atoms with E-state index in [0.717, 1.165) is 6.42 Å². The molecule has 27 heavy (non-hydrogen) atoms. The van der Waals surface area contributed by atoms with Gasteiger partial charge in [0.2, 0.25) is 5.91 Å². The zero-order valence-corrected chi connectivity index (χ0v) is 15.9. The number of hydrogen-bond donors (Lipinski definition) is 2. The Balaban J connectivity index is 1.64. The van der Waals surface area contributed by atoms with Crippen molar-refractivity contribution < 1.29 is 24.2 Å². The van der Waals surface area contributed by atoms with E-state index in [1.54, 1.807) is 35.2 Å². The fourth-order valence-corrected chi connectivity index (χ4v) is 3.15. The molecule has 0 spiro atoms. The largest absolute Gasteiger partial charge is 0.507 e. The van der Waals surface area contributed by atoms with Gasteiger partial charge in [-0.25, -0.2) is 4.79 Å². The summed E-state index contributed by atoms with van der Waals surface area (Å²) in [7, 11) is 0. The van der Waals surface area contributed by atoms with E-state index in [-0.39, 0.29) is 17.2 Å². The maximum absolute atomic E-state index is 12.2. The van der Waals surface area contributed by atoms with E-state index in [1.807, 2.05) is 0 Å². The first-order valence-corrected chi connectivity index (χ1v) is 9.10. The summed E-state index contributed by atoms with van der Waals surface area (Å²) >= 11 is 3.20. The number of ether oxygens (including phenoxy) is 1. The minimum atomic E-state index is -0.813. The van der Waals surface area contributed by atoms with E-state index in [0.29, 0.717) is 28.8 Å². The summed E-state index contributed by atoms with van der Waals surface area (Å²) in [6, 6.07) is 11.3. The molecule has 0 saturated carbocycles. The normalized spacial score (nSPS) is 13.5. The average Bonchev–Trinajstić information content (AvgIpc) is 3.08. The van der Waals surface area contributed by atoms with Gasteiger partial charge in [0, 0.05) is 17.4 Å².